The van der Waals surface area contributed by atoms with Crippen LogP contribution in [0.25, 0.3) is 10.1 Å². The number of para-hydroxylation sites is 1. The zero-order valence-corrected chi connectivity index (χ0v) is 17.6. The van der Waals surface area contributed by atoms with Crippen LogP contribution in [0.5, 0.6) is 5.75 Å². The standard InChI is InChI=1S/C22H25N3O3S/c1-25(2)18(17-14-29-20-11-7-5-9-16(17)20)13-24-22(27)21(26)23-12-15-8-4-6-10-19(15)28-3/h4-11,14,18H,12-13H2,1-3H3,(H,23,26)(H,24,27). The van der Waals surface area contributed by atoms with E-state index in [9.17, 15) is 9.59 Å². The molecule has 1 unspecified atom stereocenters. The van der Waals surface area contributed by atoms with Crippen molar-refractivity contribution in [1.82, 2.24) is 15.5 Å². The molecule has 1 heterocycles. The summed E-state index contributed by atoms with van der Waals surface area (Å²) in [5.41, 5.74) is 1.96. The van der Waals surface area contributed by atoms with Gasteiger partial charge in [-0.05, 0) is 42.6 Å². The molecule has 0 spiro atoms. The first-order chi connectivity index (χ1) is 14.0. The highest BCUT2D eigenvalue weighted by Gasteiger charge is 2.21. The van der Waals surface area contributed by atoms with Gasteiger partial charge in [-0.2, -0.15) is 0 Å². The van der Waals surface area contributed by atoms with Crippen molar-refractivity contribution < 1.29 is 14.3 Å². The summed E-state index contributed by atoms with van der Waals surface area (Å²) < 4.78 is 6.47. The minimum atomic E-state index is -0.663. The Balaban J connectivity index is 1.61. The van der Waals surface area contributed by atoms with Crippen molar-refractivity contribution in [3.05, 3.63) is 65.0 Å². The van der Waals surface area contributed by atoms with Gasteiger partial charge in [0.1, 0.15) is 5.75 Å². The number of thiophene rings is 1. The van der Waals surface area contributed by atoms with Crippen LogP contribution in [0.15, 0.2) is 53.9 Å². The minimum Gasteiger partial charge on any atom is -0.496 e. The molecule has 0 fully saturated rings. The Labute approximate surface area is 174 Å². The van der Waals surface area contributed by atoms with Crippen molar-refractivity contribution in [2.24, 2.45) is 0 Å². The van der Waals surface area contributed by atoms with Crippen LogP contribution in [0, 0.1) is 0 Å². The number of nitrogens with zero attached hydrogens (tertiary/aromatic N) is 1. The van der Waals surface area contributed by atoms with Crippen molar-refractivity contribution in [3.8, 4) is 5.75 Å². The molecule has 152 valence electrons. The zero-order valence-electron chi connectivity index (χ0n) is 16.8. The Bertz CT molecular complexity index is 1000. The lowest BCUT2D eigenvalue weighted by molar-refractivity contribution is -0.139. The maximum absolute atomic E-state index is 12.3. The average molecular weight is 412 g/mol. The molecule has 0 saturated heterocycles. The second-order valence-corrected chi connectivity index (χ2v) is 7.78. The van der Waals surface area contributed by atoms with E-state index < -0.39 is 11.8 Å². The largest absolute Gasteiger partial charge is 0.496 e. The predicted octanol–water partition coefficient (Wildman–Crippen LogP) is 2.95. The second kappa shape index (κ2) is 9.54. The van der Waals surface area contributed by atoms with Gasteiger partial charge in [0, 0.05) is 23.4 Å². The number of benzene rings is 2. The van der Waals surface area contributed by atoms with Gasteiger partial charge in [-0.25, -0.2) is 0 Å². The van der Waals surface area contributed by atoms with E-state index in [1.165, 1.54) is 10.1 Å². The Morgan fingerprint density at radius 2 is 1.72 bits per heavy atom. The van der Waals surface area contributed by atoms with Gasteiger partial charge >= 0.3 is 11.8 Å². The number of ether oxygens (including phenoxy) is 1. The molecule has 2 aromatic carbocycles. The highest BCUT2D eigenvalue weighted by Crippen LogP contribution is 2.31. The number of carbonyl (C=O) groups is 2. The first-order valence-electron chi connectivity index (χ1n) is 9.31. The van der Waals surface area contributed by atoms with E-state index in [0.29, 0.717) is 12.3 Å². The molecule has 0 saturated carbocycles. The lowest BCUT2D eigenvalue weighted by Gasteiger charge is -2.24. The number of hydrogen-bond donors (Lipinski definition) is 2. The van der Waals surface area contributed by atoms with Gasteiger partial charge < -0.3 is 20.3 Å². The Hall–Kier alpha value is -2.90. The fourth-order valence-corrected chi connectivity index (χ4v) is 4.21. The number of hydrogen-bond acceptors (Lipinski definition) is 5. The van der Waals surface area contributed by atoms with Crippen LogP contribution in [-0.2, 0) is 16.1 Å². The third-order valence-corrected chi connectivity index (χ3v) is 5.77. The normalized spacial score (nSPS) is 12.0. The first kappa shape index (κ1) is 20.8. The van der Waals surface area contributed by atoms with E-state index in [0.717, 1.165) is 11.1 Å². The Morgan fingerprint density at radius 1 is 1.03 bits per heavy atom. The van der Waals surface area contributed by atoms with Crippen molar-refractivity contribution in [3.63, 3.8) is 0 Å². The van der Waals surface area contributed by atoms with E-state index in [2.05, 4.69) is 28.1 Å². The molecule has 2 N–H and O–H groups in total. The Morgan fingerprint density at radius 3 is 2.48 bits per heavy atom. The molecule has 29 heavy (non-hydrogen) atoms. The average Bonchev–Trinajstić information content (AvgIpc) is 3.16. The third-order valence-electron chi connectivity index (χ3n) is 4.79. The van der Waals surface area contributed by atoms with Gasteiger partial charge in [0.25, 0.3) is 0 Å². The van der Waals surface area contributed by atoms with Crippen molar-refractivity contribution in [2.45, 2.75) is 12.6 Å². The summed E-state index contributed by atoms with van der Waals surface area (Å²) in [6, 6.07) is 15.5. The van der Waals surface area contributed by atoms with E-state index in [4.69, 9.17) is 4.74 Å². The van der Waals surface area contributed by atoms with Gasteiger partial charge in [-0.15, -0.1) is 11.3 Å². The molecule has 0 aliphatic carbocycles. The summed E-state index contributed by atoms with van der Waals surface area (Å²) in [5.74, 6) is -0.639. The number of rotatable bonds is 7. The lowest BCUT2D eigenvalue weighted by Crippen LogP contribution is -2.42. The summed E-state index contributed by atoms with van der Waals surface area (Å²) in [5, 5.41) is 8.70. The van der Waals surface area contributed by atoms with Gasteiger partial charge in [-0.1, -0.05) is 36.4 Å². The number of nitrogens with one attached hydrogen (secondary N) is 2. The predicted molar refractivity (Wildman–Crippen MR) is 116 cm³/mol. The number of amides is 2. The fraction of sp³-hybridized carbons (Fsp3) is 0.273. The fourth-order valence-electron chi connectivity index (χ4n) is 3.20. The van der Waals surface area contributed by atoms with E-state index in [1.807, 2.05) is 55.4 Å². The summed E-state index contributed by atoms with van der Waals surface area (Å²) in [6.07, 6.45) is 0. The van der Waals surface area contributed by atoms with Crippen molar-refractivity contribution in [2.75, 3.05) is 27.7 Å². The molecule has 3 aromatic rings. The SMILES string of the molecule is COc1ccccc1CNC(=O)C(=O)NCC(c1csc2ccccc12)N(C)C. The molecule has 6 nitrogen and oxygen atoms in total. The molecule has 0 aliphatic rings. The highest BCUT2D eigenvalue weighted by molar-refractivity contribution is 7.17. The smallest absolute Gasteiger partial charge is 0.309 e. The molecule has 0 bridgehead atoms. The summed E-state index contributed by atoms with van der Waals surface area (Å²) in [4.78, 5) is 26.6. The molecule has 0 aliphatic heterocycles. The van der Waals surface area contributed by atoms with E-state index in [-0.39, 0.29) is 12.6 Å². The minimum absolute atomic E-state index is 0.0304. The van der Waals surface area contributed by atoms with Crippen LogP contribution in [0.3, 0.4) is 0 Å². The Kier molecular flexibility index (Phi) is 6.85. The topological polar surface area (TPSA) is 70.7 Å². The van der Waals surface area contributed by atoms with Crippen LogP contribution in [0.4, 0.5) is 0 Å². The second-order valence-electron chi connectivity index (χ2n) is 6.87. The molecule has 1 atom stereocenters. The summed E-state index contributed by atoms with van der Waals surface area (Å²) in [7, 11) is 5.50. The van der Waals surface area contributed by atoms with Gasteiger partial charge in [0.2, 0.25) is 0 Å². The summed E-state index contributed by atoms with van der Waals surface area (Å²) in [6.45, 7) is 0.567. The van der Waals surface area contributed by atoms with E-state index in [1.54, 1.807) is 18.4 Å². The van der Waals surface area contributed by atoms with Crippen LogP contribution in [0.2, 0.25) is 0 Å². The van der Waals surface area contributed by atoms with Gasteiger partial charge in [-0.3, -0.25) is 9.59 Å². The highest BCUT2D eigenvalue weighted by atomic mass is 32.1. The number of fused-ring (bicyclic) bond motifs is 1. The van der Waals surface area contributed by atoms with Crippen molar-refractivity contribution in [1.29, 1.82) is 0 Å². The molecular weight excluding hydrogens is 386 g/mol. The first-order valence-corrected chi connectivity index (χ1v) is 10.2. The monoisotopic (exact) mass is 411 g/mol. The van der Waals surface area contributed by atoms with Crippen molar-refractivity contribution >= 4 is 33.2 Å². The van der Waals surface area contributed by atoms with E-state index >= 15 is 0 Å². The van der Waals surface area contributed by atoms with Crippen LogP contribution in [-0.4, -0.2) is 44.5 Å². The van der Waals surface area contributed by atoms with Gasteiger partial charge in [0.05, 0.1) is 13.2 Å². The lowest BCUT2D eigenvalue weighted by atomic mass is 10.0. The summed E-state index contributed by atoms with van der Waals surface area (Å²) >= 11 is 1.68. The maximum atomic E-state index is 12.3. The molecule has 7 heteroatoms. The van der Waals surface area contributed by atoms with Crippen LogP contribution >= 0.6 is 11.3 Å². The quantitative estimate of drug-likeness (QED) is 0.587. The molecule has 2 amide bonds. The third kappa shape index (κ3) is 4.93. The maximum Gasteiger partial charge on any atom is 0.309 e. The number of carbonyl (C=O) groups excluding carboxylic acids is 2. The number of methoxy groups -OCH3 is 1. The van der Waals surface area contributed by atoms with Crippen LogP contribution in [0.1, 0.15) is 17.2 Å². The molecule has 3 rings (SSSR count). The number of likely N-dealkylation sites (N-methyl/N-ethyl adjacent to an activating group) is 1. The molecular formula is C22H25N3O3S. The molecule has 1 aromatic heterocycles. The van der Waals surface area contributed by atoms with Gasteiger partial charge in [0.15, 0.2) is 0 Å². The zero-order chi connectivity index (χ0) is 20.8. The molecule has 0 radical (unpaired) electrons. The van der Waals surface area contributed by atoms with Crippen LogP contribution < -0.4 is 15.4 Å².